The van der Waals surface area contributed by atoms with Crippen LogP contribution in [-0.4, -0.2) is 57.6 Å². The average molecular weight is 604 g/mol. The number of hydrogen-bond donors (Lipinski definition) is 3. The molecule has 3 amide bonds. The van der Waals surface area contributed by atoms with Crippen molar-refractivity contribution in [1.82, 2.24) is 4.90 Å². The van der Waals surface area contributed by atoms with E-state index in [1.807, 2.05) is 110 Å². The van der Waals surface area contributed by atoms with Crippen LogP contribution in [0.25, 0.3) is 10.8 Å². The van der Waals surface area contributed by atoms with Crippen LogP contribution in [0.15, 0.2) is 103 Å². The number of carbonyl (C=O) groups is 3. The van der Waals surface area contributed by atoms with Crippen LogP contribution in [0.1, 0.15) is 31.7 Å². The monoisotopic (exact) mass is 603 g/mol. The largest absolute Gasteiger partial charge is 0.394 e. The SMILES string of the molecule is CC[C@@]12CCC3(O1)C(C(=O)Nc1ccc4ccccc4c1)N([C@@H](CO)Cc1ccccc1)C(=O)[C@@H]3[C@@H]2C(=O)Nc1ccccc1. The van der Waals surface area contributed by atoms with Crippen molar-refractivity contribution >= 4 is 39.9 Å². The molecule has 0 radical (unpaired) electrons. The second-order valence-corrected chi connectivity index (χ2v) is 12.5. The molecule has 3 aliphatic heterocycles. The third-order valence-electron chi connectivity index (χ3n) is 10.1. The van der Waals surface area contributed by atoms with Crippen LogP contribution in [0.4, 0.5) is 11.4 Å². The van der Waals surface area contributed by atoms with Gasteiger partial charge in [0, 0.05) is 11.4 Å². The number of ether oxygens (including phenoxy) is 1. The van der Waals surface area contributed by atoms with Gasteiger partial charge in [0.2, 0.25) is 17.7 Å². The van der Waals surface area contributed by atoms with Crippen molar-refractivity contribution in [3.8, 4) is 0 Å². The van der Waals surface area contributed by atoms with Crippen LogP contribution in [0.2, 0.25) is 0 Å². The number of amides is 3. The Labute approximate surface area is 262 Å². The van der Waals surface area contributed by atoms with Crippen LogP contribution < -0.4 is 10.6 Å². The highest BCUT2D eigenvalue weighted by molar-refractivity contribution is 6.06. The van der Waals surface area contributed by atoms with Crippen LogP contribution in [-0.2, 0) is 25.5 Å². The van der Waals surface area contributed by atoms with Gasteiger partial charge >= 0.3 is 0 Å². The number of anilines is 2. The van der Waals surface area contributed by atoms with E-state index in [2.05, 4.69) is 10.6 Å². The molecule has 1 spiro atoms. The first-order chi connectivity index (χ1) is 21.9. The highest BCUT2D eigenvalue weighted by Gasteiger charge is 2.79. The molecule has 2 unspecified atom stereocenters. The summed E-state index contributed by atoms with van der Waals surface area (Å²) in [6.45, 7) is 1.63. The normalized spacial score (nSPS) is 27.4. The van der Waals surface area contributed by atoms with Gasteiger partial charge in [-0.3, -0.25) is 14.4 Å². The number of fused-ring (bicyclic) bond motifs is 2. The zero-order valence-electron chi connectivity index (χ0n) is 25.2. The molecule has 8 nitrogen and oxygen atoms in total. The molecule has 7 rings (SSSR count). The molecule has 230 valence electrons. The molecule has 3 fully saturated rings. The van der Waals surface area contributed by atoms with Crippen molar-refractivity contribution < 1.29 is 24.2 Å². The van der Waals surface area contributed by atoms with Crippen molar-refractivity contribution in [3.05, 3.63) is 109 Å². The Bertz CT molecular complexity index is 1750. The van der Waals surface area contributed by atoms with E-state index >= 15 is 0 Å². The van der Waals surface area contributed by atoms with Gasteiger partial charge in [-0.2, -0.15) is 0 Å². The smallest absolute Gasteiger partial charge is 0.250 e. The predicted molar refractivity (Wildman–Crippen MR) is 172 cm³/mol. The standard InChI is InChI=1S/C37H37N3O5/c1-2-36-19-20-37(45-36)31(30(36)33(42)38-27-15-7-4-8-16-27)35(44)40(29(23-41)21-24-11-5-3-6-12-24)32(37)34(43)39-28-18-17-25-13-9-10-14-26(25)22-28/h3-18,22,29-32,41H,2,19-21,23H2,1H3,(H,38,42)(H,39,43)/t29-,30-,31+,32?,36+,37?/m1/s1. The van der Waals surface area contributed by atoms with Crippen molar-refractivity contribution in [2.24, 2.45) is 11.8 Å². The summed E-state index contributed by atoms with van der Waals surface area (Å²) in [5.41, 5.74) is 0.0836. The molecule has 3 saturated heterocycles. The molecule has 0 aromatic heterocycles. The maximum absolute atomic E-state index is 14.7. The minimum atomic E-state index is -1.21. The van der Waals surface area contributed by atoms with E-state index in [4.69, 9.17) is 4.74 Å². The Morgan fingerprint density at radius 2 is 1.53 bits per heavy atom. The summed E-state index contributed by atoms with van der Waals surface area (Å²) in [7, 11) is 0. The second kappa shape index (κ2) is 11.4. The molecule has 0 saturated carbocycles. The van der Waals surface area contributed by atoms with E-state index in [0.717, 1.165) is 16.3 Å². The fraction of sp³-hybridized carbons (Fsp3) is 0.324. The maximum atomic E-state index is 14.7. The van der Waals surface area contributed by atoms with Crippen LogP contribution in [0, 0.1) is 11.8 Å². The molecule has 4 aromatic carbocycles. The Morgan fingerprint density at radius 3 is 2.24 bits per heavy atom. The summed E-state index contributed by atoms with van der Waals surface area (Å²) >= 11 is 0. The lowest BCUT2D eigenvalue weighted by molar-refractivity contribution is -0.148. The number of likely N-dealkylation sites (tertiary alicyclic amines) is 1. The summed E-state index contributed by atoms with van der Waals surface area (Å²) in [5.74, 6) is -2.66. The van der Waals surface area contributed by atoms with E-state index < -0.39 is 35.1 Å². The van der Waals surface area contributed by atoms with Crippen molar-refractivity contribution in [2.75, 3.05) is 17.2 Å². The van der Waals surface area contributed by atoms with Gasteiger partial charge in [0.25, 0.3) is 0 Å². The van der Waals surface area contributed by atoms with Crippen molar-refractivity contribution in [2.45, 2.75) is 55.9 Å². The number of hydrogen-bond acceptors (Lipinski definition) is 5. The fourth-order valence-corrected chi connectivity index (χ4v) is 8.10. The lowest BCUT2D eigenvalue weighted by Crippen LogP contribution is -2.57. The van der Waals surface area contributed by atoms with E-state index in [0.29, 0.717) is 37.1 Å². The summed E-state index contributed by atoms with van der Waals surface area (Å²) in [4.78, 5) is 44.8. The molecule has 3 N–H and O–H groups in total. The van der Waals surface area contributed by atoms with Crippen molar-refractivity contribution in [1.29, 1.82) is 0 Å². The lowest BCUT2D eigenvalue weighted by Gasteiger charge is -2.37. The highest BCUT2D eigenvalue weighted by Crippen LogP contribution is 2.64. The Kier molecular flexibility index (Phi) is 7.42. The molecular weight excluding hydrogens is 566 g/mol. The zero-order chi connectivity index (χ0) is 31.2. The van der Waals surface area contributed by atoms with Gasteiger partial charge in [-0.25, -0.2) is 0 Å². The van der Waals surface area contributed by atoms with Gasteiger partial charge in [-0.15, -0.1) is 0 Å². The third kappa shape index (κ3) is 4.80. The zero-order valence-corrected chi connectivity index (χ0v) is 25.2. The number of benzene rings is 4. The number of nitrogens with one attached hydrogen (secondary N) is 2. The van der Waals surface area contributed by atoms with Gasteiger partial charge in [0.1, 0.15) is 11.6 Å². The van der Waals surface area contributed by atoms with E-state index in [1.165, 1.54) is 4.90 Å². The summed E-state index contributed by atoms with van der Waals surface area (Å²) in [5, 5.41) is 18.8. The quantitative estimate of drug-likeness (QED) is 0.245. The molecule has 3 aliphatic rings. The van der Waals surface area contributed by atoms with E-state index in [9.17, 15) is 19.5 Å². The van der Waals surface area contributed by atoms with E-state index in [-0.39, 0.29) is 24.3 Å². The van der Waals surface area contributed by atoms with Gasteiger partial charge in [-0.1, -0.05) is 85.8 Å². The van der Waals surface area contributed by atoms with Gasteiger partial charge < -0.3 is 25.4 Å². The lowest BCUT2D eigenvalue weighted by atomic mass is 9.65. The third-order valence-corrected chi connectivity index (χ3v) is 10.1. The minimum Gasteiger partial charge on any atom is -0.394 e. The summed E-state index contributed by atoms with van der Waals surface area (Å²) in [6.07, 6.45) is 1.89. The van der Waals surface area contributed by atoms with Gasteiger partial charge in [0.05, 0.1) is 30.1 Å². The number of rotatable bonds is 9. The average Bonchev–Trinajstić information content (AvgIpc) is 3.68. The molecule has 0 aliphatic carbocycles. The number of para-hydroxylation sites is 1. The molecule has 6 atom stereocenters. The Hall–Kier alpha value is -4.53. The first kappa shape index (κ1) is 29.2. The number of nitrogens with zero attached hydrogens (tertiary/aromatic N) is 1. The molecule has 2 bridgehead atoms. The van der Waals surface area contributed by atoms with Crippen molar-refractivity contribution in [3.63, 3.8) is 0 Å². The second-order valence-electron chi connectivity index (χ2n) is 12.5. The first-order valence-electron chi connectivity index (χ1n) is 15.7. The van der Waals surface area contributed by atoms with Crippen LogP contribution in [0.3, 0.4) is 0 Å². The maximum Gasteiger partial charge on any atom is 0.250 e. The Morgan fingerprint density at radius 1 is 0.867 bits per heavy atom. The number of aliphatic hydroxyl groups is 1. The fourth-order valence-electron chi connectivity index (χ4n) is 8.10. The number of carbonyl (C=O) groups excluding carboxylic acids is 3. The number of aliphatic hydroxyl groups excluding tert-OH is 1. The molecular formula is C37H37N3O5. The van der Waals surface area contributed by atoms with E-state index in [1.54, 1.807) is 0 Å². The topological polar surface area (TPSA) is 108 Å². The molecule has 4 aromatic rings. The summed E-state index contributed by atoms with van der Waals surface area (Å²) in [6, 6.07) is 30.7. The van der Waals surface area contributed by atoms with Gasteiger partial charge in [-0.05, 0) is 66.3 Å². The molecule has 45 heavy (non-hydrogen) atoms. The molecule has 3 heterocycles. The Balaban J connectivity index is 1.29. The molecule has 8 heteroatoms. The summed E-state index contributed by atoms with van der Waals surface area (Å²) < 4.78 is 6.91. The minimum absolute atomic E-state index is 0.290. The first-order valence-corrected chi connectivity index (χ1v) is 15.7. The highest BCUT2D eigenvalue weighted by atomic mass is 16.5. The van der Waals surface area contributed by atoms with Gasteiger partial charge in [0.15, 0.2) is 0 Å². The van der Waals surface area contributed by atoms with Crippen LogP contribution >= 0.6 is 0 Å². The predicted octanol–water partition coefficient (Wildman–Crippen LogP) is 5.18. The van der Waals surface area contributed by atoms with Crippen LogP contribution in [0.5, 0.6) is 0 Å².